The second-order valence-electron chi connectivity index (χ2n) is 5.74. The maximum atomic E-state index is 10.6. The molecule has 1 saturated heterocycles. The molecule has 0 saturated carbocycles. The van der Waals surface area contributed by atoms with E-state index in [1.54, 1.807) is 0 Å². The van der Waals surface area contributed by atoms with Crippen LogP contribution in [0.5, 0.6) is 0 Å². The number of aryl methyl sites for hydroxylation is 1. The summed E-state index contributed by atoms with van der Waals surface area (Å²) in [5.41, 5.74) is 0.859. The Balaban J connectivity index is 1.77. The Morgan fingerprint density at radius 1 is 1.33 bits per heavy atom. The lowest BCUT2D eigenvalue weighted by atomic mass is 9.80. The van der Waals surface area contributed by atoms with E-state index in [4.69, 9.17) is 0 Å². The van der Waals surface area contributed by atoms with E-state index < -0.39 is 5.60 Å². The smallest absolute Gasteiger partial charge is 0.0660 e. The van der Waals surface area contributed by atoms with Crippen LogP contribution < -0.4 is 5.32 Å². The van der Waals surface area contributed by atoms with Crippen molar-refractivity contribution in [2.75, 3.05) is 13.1 Å². The van der Waals surface area contributed by atoms with Crippen LogP contribution in [0.15, 0.2) is 30.3 Å². The van der Waals surface area contributed by atoms with Crippen molar-refractivity contribution in [2.24, 2.45) is 5.92 Å². The fourth-order valence-electron chi connectivity index (χ4n) is 2.88. The van der Waals surface area contributed by atoms with Crippen molar-refractivity contribution < 1.29 is 5.11 Å². The third-order valence-electron chi connectivity index (χ3n) is 4.17. The van der Waals surface area contributed by atoms with Crippen LogP contribution in [0.4, 0.5) is 0 Å². The summed E-state index contributed by atoms with van der Waals surface area (Å²) in [6.07, 6.45) is 5.38. The number of aliphatic hydroxyl groups is 1. The van der Waals surface area contributed by atoms with E-state index in [9.17, 15) is 5.11 Å². The van der Waals surface area contributed by atoms with E-state index in [0.29, 0.717) is 5.92 Å². The van der Waals surface area contributed by atoms with E-state index in [0.717, 1.165) is 38.8 Å². The topological polar surface area (TPSA) is 32.3 Å². The van der Waals surface area contributed by atoms with Crippen molar-refractivity contribution in [3.05, 3.63) is 35.9 Å². The maximum Gasteiger partial charge on any atom is 0.0660 e. The van der Waals surface area contributed by atoms with Crippen molar-refractivity contribution in [1.29, 1.82) is 0 Å². The number of hydrogen-bond acceptors (Lipinski definition) is 2. The van der Waals surface area contributed by atoms with Gasteiger partial charge in [-0.05, 0) is 57.1 Å². The highest BCUT2D eigenvalue weighted by Crippen LogP contribution is 2.28. The highest BCUT2D eigenvalue weighted by molar-refractivity contribution is 5.14. The maximum absolute atomic E-state index is 10.6. The van der Waals surface area contributed by atoms with Crippen molar-refractivity contribution in [2.45, 2.75) is 44.6 Å². The Bertz CT molecular complexity index is 341. The fraction of sp³-hybridized carbons (Fsp3) is 0.625. The summed E-state index contributed by atoms with van der Waals surface area (Å²) in [6.45, 7) is 4.09. The van der Waals surface area contributed by atoms with Crippen molar-refractivity contribution in [3.8, 4) is 0 Å². The molecular formula is C16H25NO. The van der Waals surface area contributed by atoms with Gasteiger partial charge in [0.15, 0.2) is 0 Å². The van der Waals surface area contributed by atoms with Gasteiger partial charge in [-0.15, -0.1) is 0 Å². The van der Waals surface area contributed by atoms with Crippen molar-refractivity contribution in [3.63, 3.8) is 0 Å². The van der Waals surface area contributed by atoms with Crippen LogP contribution in [0.3, 0.4) is 0 Å². The van der Waals surface area contributed by atoms with E-state index in [-0.39, 0.29) is 0 Å². The van der Waals surface area contributed by atoms with Gasteiger partial charge in [0.05, 0.1) is 5.60 Å². The molecule has 100 valence electrons. The van der Waals surface area contributed by atoms with E-state index in [1.165, 1.54) is 12.0 Å². The molecule has 2 N–H and O–H groups in total. The zero-order chi connectivity index (χ0) is 12.8. The van der Waals surface area contributed by atoms with Crippen LogP contribution in [0.2, 0.25) is 0 Å². The second kappa shape index (κ2) is 6.35. The number of benzene rings is 1. The number of hydrogen-bond donors (Lipinski definition) is 2. The Hall–Kier alpha value is -0.860. The summed E-state index contributed by atoms with van der Waals surface area (Å²) in [4.78, 5) is 0. The molecule has 0 bridgehead atoms. The van der Waals surface area contributed by atoms with Gasteiger partial charge in [-0.2, -0.15) is 0 Å². The highest BCUT2D eigenvalue weighted by Gasteiger charge is 2.31. The summed E-state index contributed by atoms with van der Waals surface area (Å²) >= 11 is 0. The van der Waals surface area contributed by atoms with Crippen LogP contribution >= 0.6 is 0 Å². The molecule has 0 amide bonds. The first-order valence-corrected chi connectivity index (χ1v) is 7.15. The summed E-state index contributed by atoms with van der Waals surface area (Å²) in [7, 11) is 0. The third kappa shape index (κ3) is 3.82. The number of nitrogens with one attached hydrogen (secondary N) is 1. The Morgan fingerprint density at radius 3 is 2.78 bits per heavy atom. The molecular weight excluding hydrogens is 222 g/mol. The van der Waals surface area contributed by atoms with Gasteiger partial charge in [0.1, 0.15) is 0 Å². The SMILES string of the molecule is CC(O)(CCCc1ccccc1)C1CCCNC1. The molecule has 0 spiro atoms. The molecule has 1 fully saturated rings. The zero-order valence-electron chi connectivity index (χ0n) is 11.4. The van der Waals surface area contributed by atoms with E-state index in [2.05, 4.69) is 29.6 Å². The molecule has 2 atom stereocenters. The molecule has 0 radical (unpaired) electrons. The van der Waals surface area contributed by atoms with Gasteiger partial charge >= 0.3 is 0 Å². The number of piperidine rings is 1. The van der Waals surface area contributed by atoms with E-state index >= 15 is 0 Å². The minimum atomic E-state index is -0.512. The lowest BCUT2D eigenvalue weighted by molar-refractivity contribution is -0.0193. The third-order valence-corrected chi connectivity index (χ3v) is 4.17. The molecule has 1 heterocycles. The normalized spacial score (nSPS) is 23.6. The first-order chi connectivity index (χ1) is 8.68. The predicted octanol–water partition coefficient (Wildman–Crippen LogP) is 2.76. The van der Waals surface area contributed by atoms with Crippen molar-refractivity contribution in [1.82, 2.24) is 5.32 Å². The molecule has 1 aromatic carbocycles. The highest BCUT2D eigenvalue weighted by atomic mass is 16.3. The van der Waals surface area contributed by atoms with Gasteiger partial charge in [-0.3, -0.25) is 0 Å². The van der Waals surface area contributed by atoms with Gasteiger partial charge in [-0.25, -0.2) is 0 Å². The van der Waals surface area contributed by atoms with Gasteiger partial charge < -0.3 is 10.4 Å². The standard InChI is InChI=1S/C16H25NO/c1-16(18,15-10-6-12-17-13-15)11-5-9-14-7-3-2-4-8-14/h2-4,7-8,15,17-18H,5-6,9-13H2,1H3. The summed E-state index contributed by atoms with van der Waals surface area (Å²) in [5, 5.41) is 14.0. The summed E-state index contributed by atoms with van der Waals surface area (Å²) in [6, 6.07) is 10.5. The van der Waals surface area contributed by atoms with Crippen LogP contribution in [-0.4, -0.2) is 23.8 Å². The molecule has 1 aliphatic rings. The van der Waals surface area contributed by atoms with Gasteiger partial charge in [-0.1, -0.05) is 30.3 Å². The van der Waals surface area contributed by atoms with E-state index in [1.807, 2.05) is 13.0 Å². The first-order valence-electron chi connectivity index (χ1n) is 7.15. The lowest BCUT2D eigenvalue weighted by Crippen LogP contribution is -2.44. The molecule has 2 nitrogen and oxygen atoms in total. The van der Waals surface area contributed by atoms with Crippen LogP contribution in [0, 0.1) is 5.92 Å². The zero-order valence-corrected chi connectivity index (χ0v) is 11.4. The minimum absolute atomic E-state index is 0.419. The fourth-order valence-corrected chi connectivity index (χ4v) is 2.88. The van der Waals surface area contributed by atoms with Gasteiger partial charge in [0.2, 0.25) is 0 Å². The van der Waals surface area contributed by atoms with Gasteiger partial charge in [0.25, 0.3) is 0 Å². The van der Waals surface area contributed by atoms with Crippen LogP contribution in [-0.2, 0) is 6.42 Å². The molecule has 0 aromatic heterocycles. The molecule has 2 heteroatoms. The van der Waals surface area contributed by atoms with Crippen LogP contribution in [0.25, 0.3) is 0 Å². The Kier molecular flexibility index (Phi) is 4.79. The predicted molar refractivity (Wildman–Crippen MR) is 75.6 cm³/mol. The summed E-state index contributed by atoms with van der Waals surface area (Å²) in [5.74, 6) is 0.419. The minimum Gasteiger partial charge on any atom is -0.390 e. The van der Waals surface area contributed by atoms with Crippen molar-refractivity contribution >= 4 is 0 Å². The molecule has 2 unspecified atom stereocenters. The summed E-state index contributed by atoms with van der Waals surface area (Å²) < 4.78 is 0. The second-order valence-corrected chi connectivity index (χ2v) is 5.74. The quantitative estimate of drug-likeness (QED) is 0.838. The molecule has 18 heavy (non-hydrogen) atoms. The van der Waals surface area contributed by atoms with Gasteiger partial charge in [0, 0.05) is 6.54 Å². The molecule has 1 aromatic rings. The largest absolute Gasteiger partial charge is 0.390 e. The average molecular weight is 247 g/mol. The molecule has 0 aliphatic carbocycles. The Morgan fingerprint density at radius 2 is 2.11 bits per heavy atom. The lowest BCUT2D eigenvalue weighted by Gasteiger charge is -2.36. The Labute approximate surface area is 110 Å². The molecule has 1 aliphatic heterocycles. The monoisotopic (exact) mass is 247 g/mol. The number of rotatable bonds is 5. The molecule has 2 rings (SSSR count). The average Bonchev–Trinajstić information content (AvgIpc) is 2.41. The first kappa shape index (κ1) is 13.6. The van der Waals surface area contributed by atoms with Crippen LogP contribution in [0.1, 0.15) is 38.2 Å².